The van der Waals surface area contributed by atoms with E-state index in [0.29, 0.717) is 5.56 Å². The molecule has 1 aromatic rings. The molecule has 2 aliphatic rings. The van der Waals surface area contributed by atoms with Crippen molar-refractivity contribution in [1.82, 2.24) is 10.2 Å². The highest BCUT2D eigenvalue weighted by molar-refractivity contribution is 8.01. The van der Waals surface area contributed by atoms with E-state index in [9.17, 15) is 19.5 Å². The van der Waals surface area contributed by atoms with Crippen LogP contribution in [0.25, 0.3) is 0 Å². The molecule has 1 unspecified atom stereocenters. The average Bonchev–Trinajstić information content (AvgIpc) is 2.86. The van der Waals surface area contributed by atoms with Crippen LogP contribution >= 0.6 is 11.8 Å². The number of nitrogens with zero attached hydrogens (tertiary/aromatic N) is 1. The van der Waals surface area contributed by atoms with Crippen LogP contribution in [0, 0.1) is 7.11 Å². The summed E-state index contributed by atoms with van der Waals surface area (Å²) in [5, 5.41) is 11.6. The number of fused-ring (bicyclic) bond motifs is 1. The van der Waals surface area contributed by atoms with Gasteiger partial charge in [-0.2, -0.15) is 0 Å². The number of carbonyl (C=O) groups is 3. The van der Waals surface area contributed by atoms with Crippen molar-refractivity contribution in [3.05, 3.63) is 36.9 Å². The summed E-state index contributed by atoms with van der Waals surface area (Å²) >= 11 is 1.42. The molecule has 139 valence electrons. The Labute approximate surface area is 155 Å². The van der Waals surface area contributed by atoms with Gasteiger partial charge in [0.2, 0.25) is 11.8 Å². The lowest BCUT2D eigenvalue weighted by Gasteiger charge is -2.44. The molecule has 8 nitrogen and oxygen atoms in total. The number of benzene rings is 1. The highest BCUT2D eigenvalue weighted by Crippen LogP contribution is 2.51. The second kappa shape index (κ2) is 6.48. The maximum Gasteiger partial charge on any atom is 0.330 e. The van der Waals surface area contributed by atoms with Crippen LogP contribution in [-0.4, -0.2) is 50.0 Å². The molecule has 2 aliphatic heterocycles. The molecule has 0 saturated carbocycles. The molecule has 2 amide bonds. The molecule has 0 bridgehead atoms. The third-order valence-corrected chi connectivity index (χ3v) is 6.21. The Morgan fingerprint density at radius 2 is 2.00 bits per heavy atom. The fourth-order valence-corrected chi connectivity index (χ4v) is 4.90. The van der Waals surface area contributed by atoms with Crippen molar-refractivity contribution in [2.75, 3.05) is 0 Å². The number of β-lactam (4-membered cyclic amide) rings is 1. The summed E-state index contributed by atoms with van der Waals surface area (Å²) in [5.41, 5.74) is 6.46. The van der Waals surface area contributed by atoms with Crippen molar-refractivity contribution in [2.24, 2.45) is 5.73 Å². The van der Waals surface area contributed by atoms with Crippen molar-refractivity contribution in [3.8, 4) is 5.75 Å². The topological polar surface area (TPSA) is 122 Å². The quantitative estimate of drug-likeness (QED) is 0.508. The van der Waals surface area contributed by atoms with Gasteiger partial charge in [0, 0.05) is 4.75 Å². The highest BCUT2D eigenvalue weighted by atomic mass is 32.2. The lowest BCUT2D eigenvalue weighted by atomic mass is 9.95. The highest BCUT2D eigenvalue weighted by Gasteiger charge is 2.64. The molecule has 26 heavy (non-hydrogen) atoms. The Morgan fingerprint density at radius 1 is 1.38 bits per heavy atom. The van der Waals surface area contributed by atoms with Crippen molar-refractivity contribution in [1.29, 1.82) is 0 Å². The average molecular weight is 378 g/mol. The van der Waals surface area contributed by atoms with Gasteiger partial charge in [-0.1, -0.05) is 12.1 Å². The predicted octanol–water partition coefficient (Wildman–Crippen LogP) is 0.274. The number of phenols is 1. The molecule has 4 N–H and O–H groups in total. The van der Waals surface area contributed by atoms with Crippen LogP contribution in [0.3, 0.4) is 0 Å². The maximum absolute atomic E-state index is 12.5. The van der Waals surface area contributed by atoms with E-state index in [1.165, 1.54) is 28.8 Å². The normalized spacial score (nSPS) is 27.3. The minimum atomic E-state index is -0.975. The molecule has 1 aromatic carbocycles. The molecule has 4 atom stereocenters. The molecule has 1 radical (unpaired) electrons. The first-order chi connectivity index (χ1) is 12.2. The number of hydrogen-bond donors (Lipinski definition) is 3. The van der Waals surface area contributed by atoms with E-state index in [-0.39, 0.29) is 17.0 Å². The van der Waals surface area contributed by atoms with Crippen molar-refractivity contribution in [2.45, 2.75) is 42.1 Å². The van der Waals surface area contributed by atoms with Crippen LogP contribution in [0.2, 0.25) is 0 Å². The van der Waals surface area contributed by atoms with E-state index in [2.05, 4.69) is 17.2 Å². The molecule has 0 spiro atoms. The van der Waals surface area contributed by atoms with Crippen molar-refractivity contribution < 1.29 is 24.2 Å². The summed E-state index contributed by atoms with van der Waals surface area (Å²) < 4.78 is 4.01. The first kappa shape index (κ1) is 18.5. The second-order valence-corrected chi connectivity index (χ2v) is 8.55. The number of nitrogens with two attached hydrogens (primary N) is 1. The summed E-state index contributed by atoms with van der Waals surface area (Å²) in [6.07, 6.45) is 0. The summed E-state index contributed by atoms with van der Waals surface area (Å²) in [6.45, 7) is 3.68. The number of rotatable bonds is 4. The minimum Gasteiger partial charge on any atom is -0.508 e. The molecular formula is C17H20N3O5S. The first-order valence-electron chi connectivity index (χ1n) is 7.98. The smallest absolute Gasteiger partial charge is 0.330 e. The number of phenolic OH excluding ortho intramolecular Hbond substituents is 1. The van der Waals surface area contributed by atoms with Crippen LogP contribution in [0.4, 0.5) is 0 Å². The van der Waals surface area contributed by atoms with E-state index in [4.69, 9.17) is 5.73 Å². The van der Waals surface area contributed by atoms with Crippen LogP contribution < -0.4 is 11.1 Å². The minimum absolute atomic E-state index is 0.0686. The van der Waals surface area contributed by atoms with Gasteiger partial charge in [0.25, 0.3) is 0 Å². The van der Waals surface area contributed by atoms with Gasteiger partial charge in [0.1, 0.15) is 36.4 Å². The standard InChI is InChI=1S/C17H20N3O5S/c1-17(2)12(16(24)25-3)20-14(23)11(15(20)26-17)19-13(22)10(18)8-4-6-9(21)7-5-8/h4-7,10-12,15,21H,3,18H2,1-2H3,(H,19,22)/t10?,11-,12+,15-/m1/s1. The monoisotopic (exact) mass is 378 g/mol. The van der Waals surface area contributed by atoms with Gasteiger partial charge >= 0.3 is 5.97 Å². The first-order valence-corrected chi connectivity index (χ1v) is 8.86. The molecule has 0 aromatic heterocycles. The molecular weight excluding hydrogens is 358 g/mol. The van der Waals surface area contributed by atoms with E-state index in [1.807, 2.05) is 13.8 Å². The Morgan fingerprint density at radius 3 is 2.58 bits per heavy atom. The number of aromatic hydroxyl groups is 1. The van der Waals surface area contributed by atoms with Gasteiger partial charge in [-0.15, -0.1) is 11.8 Å². The van der Waals surface area contributed by atoms with Gasteiger partial charge in [0.05, 0.1) is 0 Å². The second-order valence-electron chi connectivity index (χ2n) is 6.78. The molecule has 3 rings (SSSR count). The largest absolute Gasteiger partial charge is 0.508 e. The lowest BCUT2D eigenvalue weighted by Crippen LogP contribution is -2.71. The Balaban J connectivity index is 1.71. The summed E-state index contributed by atoms with van der Waals surface area (Å²) in [4.78, 5) is 38.3. The van der Waals surface area contributed by atoms with E-state index in [1.54, 1.807) is 12.1 Å². The lowest BCUT2D eigenvalue weighted by molar-refractivity contribution is -0.161. The molecule has 2 heterocycles. The number of esters is 1. The summed E-state index contributed by atoms with van der Waals surface area (Å²) in [7, 11) is 3.13. The van der Waals surface area contributed by atoms with Crippen LogP contribution in [-0.2, 0) is 19.1 Å². The number of hydrogen-bond acceptors (Lipinski definition) is 7. The molecule has 2 saturated heterocycles. The maximum atomic E-state index is 12.5. The molecule has 0 aliphatic carbocycles. The Kier molecular flexibility index (Phi) is 4.61. The van der Waals surface area contributed by atoms with Gasteiger partial charge in [-0.3, -0.25) is 9.59 Å². The zero-order valence-electron chi connectivity index (χ0n) is 14.3. The molecule has 2 fully saturated rings. The Bertz CT molecular complexity index is 751. The molecule has 9 heteroatoms. The van der Waals surface area contributed by atoms with Gasteiger partial charge in [-0.05, 0) is 31.5 Å². The summed E-state index contributed by atoms with van der Waals surface area (Å²) in [6, 6.07) is 3.48. The predicted molar refractivity (Wildman–Crippen MR) is 94.5 cm³/mol. The summed E-state index contributed by atoms with van der Waals surface area (Å²) in [5.74, 6) is -1.37. The number of carbonyl (C=O) groups excluding carboxylic acids is 3. The number of amides is 2. The van der Waals surface area contributed by atoms with Gasteiger partial charge < -0.3 is 25.8 Å². The SMILES string of the molecule is [CH2]OC(=O)[C@@H]1N2C(=O)[C@@H](NC(=O)C(N)c3ccc(O)cc3)[C@H]2SC1(C)C. The van der Waals surface area contributed by atoms with E-state index < -0.39 is 34.7 Å². The van der Waals surface area contributed by atoms with Gasteiger partial charge in [-0.25, -0.2) is 4.79 Å². The van der Waals surface area contributed by atoms with Crippen LogP contribution in [0.15, 0.2) is 24.3 Å². The van der Waals surface area contributed by atoms with Crippen LogP contribution in [0.5, 0.6) is 5.75 Å². The van der Waals surface area contributed by atoms with Crippen molar-refractivity contribution in [3.63, 3.8) is 0 Å². The van der Waals surface area contributed by atoms with E-state index >= 15 is 0 Å². The third kappa shape index (κ3) is 2.90. The van der Waals surface area contributed by atoms with Crippen molar-refractivity contribution >= 4 is 29.5 Å². The van der Waals surface area contributed by atoms with Crippen LogP contribution in [0.1, 0.15) is 25.5 Å². The third-order valence-electron chi connectivity index (χ3n) is 4.64. The number of nitrogens with one attached hydrogen (secondary N) is 1. The zero-order chi connectivity index (χ0) is 19.2. The fraction of sp³-hybridized carbons (Fsp3) is 0.412. The van der Waals surface area contributed by atoms with E-state index in [0.717, 1.165) is 0 Å². The zero-order valence-corrected chi connectivity index (χ0v) is 15.2. The number of ether oxygens (including phenoxy) is 1. The number of thioether (sulfide) groups is 1. The fourth-order valence-electron chi connectivity index (χ4n) is 3.28. The Hall–Kier alpha value is -2.26. The van der Waals surface area contributed by atoms with Gasteiger partial charge in [0.15, 0.2) is 0 Å².